The molecule has 1 N–H and O–H groups in total. The van der Waals surface area contributed by atoms with E-state index in [-0.39, 0.29) is 0 Å². The molecule has 2 aromatic heterocycles. The zero-order valence-corrected chi connectivity index (χ0v) is 15.1. The van der Waals surface area contributed by atoms with Crippen molar-refractivity contribution < 1.29 is 0 Å². The summed E-state index contributed by atoms with van der Waals surface area (Å²) in [6, 6.07) is 3.98. The van der Waals surface area contributed by atoms with E-state index in [1.807, 2.05) is 19.1 Å². The highest BCUT2D eigenvalue weighted by Gasteiger charge is 2.17. The fourth-order valence-corrected chi connectivity index (χ4v) is 3.09. The molecule has 0 spiro atoms. The van der Waals surface area contributed by atoms with E-state index in [1.165, 1.54) is 0 Å². The van der Waals surface area contributed by atoms with Crippen molar-refractivity contribution in [3.05, 3.63) is 33.2 Å². The van der Waals surface area contributed by atoms with Gasteiger partial charge in [0.05, 0.1) is 9.26 Å². The van der Waals surface area contributed by atoms with Crippen LogP contribution in [0, 0.1) is 10.5 Å². The first-order valence-corrected chi connectivity index (χ1v) is 8.35. The van der Waals surface area contributed by atoms with Gasteiger partial charge in [0.2, 0.25) is 0 Å². The molecule has 0 radical (unpaired) electrons. The van der Waals surface area contributed by atoms with Gasteiger partial charge in [0.1, 0.15) is 11.5 Å². The highest BCUT2D eigenvalue weighted by Crippen LogP contribution is 2.28. The number of pyridine rings is 1. The number of aryl methyl sites for hydroxylation is 1. The third kappa shape index (κ3) is 3.70. The Hall–Kier alpha value is -1.24. The molecule has 2 aromatic rings. The summed E-state index contributed by atoms with van der Waals surface area (Å²) in [7, 11) is 0. The second-order valence-electron chi connectivity index (χ2n) is 5.35. The summed E-state index contributed by atoms with van der Waals surface area (Å²) in [6.45, 7) is 9.41. The van der Waals surface area contributed by atoms with Crippen LogP contribution in [0.1, 0.15) is 44.4 Å². The van der Waals surface area contributed by atoms with Gasteiger partial charge in [-0.3, -0.25) is 4.98 Å². The first-order valence-electron chi connectivity index (χ1n) is 7.27. The molecule has 0 aliphatic rings. The van der Waals surface area contributed by atoms with Crippen LogP contribution in [-0.2, 0) is 0 Å². The molecule has 0 amide bonds. The zero-order chi connectivity index (χ0) is 15.4. The molecule has 112 valence electrons. The van der Waals surface area contributed by atoms with Gasteiger partial charge in [0.15, 0.2) is 5.82 Å². The Morgan fingerprint density at radius 2 is 2.05 bits per heavy atom. The fraction of sp³-hybridized carbons (Fsp3) is 0.438. The van der Waals surface area contributed by atoms with E-state index in [2.05, 4.69) is 53.7 Å². The van der Waals surface area contributed by atoms with E-state index >= 15 is 0 Å². The Morgan fingerprint density at radius 3 is 2.67 bits per heavy atom. The van der Waals surface area contributed by atoms with Crippen LogP contribution in [0.3, 0.4) is 0 Å². The van der Waals surface area contributed by atoms with Gasteiger partial charge in [-0.15, -0.1) is 0 Å². The van der Waals surface area contributed by atoms with Gasteiger partial charge in [-0.25, -0.2) is 9.97 Å². The van der Waals surface area contributed by atoms with Crippen molar-refractivity contribution in [2.24, 2.45) is 0 Å². The van der Waals surface area contributed by atoms with E-state index in [4.69, 9.17) is 9.97 Å². The maximum Gasteiger partial charge on any atom is 0.180 e. The third-order valence-corrected chi connectivity index (χ3v) is 4.25. The molecule has 0 aliphatic heterocycles. The maximum atomic E-state index is 4.75. The molecule has 21 heavy (non-hydrogen) atoms. The number of hydrogen-bond donors (Lipinski definition) is 1. The van der Waals surface area contributed by atoms with Gasteiger partial charge in [-0.1, -0.05) is 26.8 Å². The Balaban J connectivity index is 2.56. The molecule has 0 aromatic carbocycles. The Labute approximate surface area is 140 Å². The number of hydrogen-bond acceptors (Lipinski definition) is 4. The van der Waals surface area contributed by atoms with Crippen LogP contribution in [0.25, 0.3) is 11.5 Å². The van der Waals surface area contributed by atoms with Crippen LogP contribution in [0.4, 0.5) is 5.82 Å². The first kappa shape index (κ1) is 16.1. The van der Waals surface area contributed by atoms with E-state index in [1.54, 1.807) is 6.20 Å². The molecule has 0 saturated heterocycles. The quantitative estimate of drug-likeness (QED) is 0.762. The van der Waals surface area contributed by atoms with Crippen molar-refractivity contribution in [2.75, 3.05) is 11.9 Å². The third-order valence-electron chi connectivity index (χ3n) is 3.19. The summed E-state index contributed by atoms with van der Waals surface area (Å²) in [4.78, 5) is 13.9. The Kier molecular flexibility index (Phi) is 5.50. The molecule has 0 saturated carbocycles. The maximum absolute atomic E-state index is 4.75. The van der Waals surface area contributed by atoms with Crippen LogP contribution in [0.15, 0.2) is 18.3 Å². The van der Waals surface area contributed by atoms with Crippen molar-refractivity contribution >= 4 is 28.4 Å². The lowest BCUT2D eigenvalue weighted by atomic mass is 10.1. The molecule has 4 nitrogen and oxygen atoms in total. The number of aromatic nitrogens is 3. The summed E-state index contributed by atoms with van der Waals surface area (Å²) in [5, 5.41) is 3.40. The first-order chi connectivity index (χ1) is 10.0. The van der Waals surface area contributed by atoms with E-state index in [9.17, 15) is 0 Å². The molecule has 2 rings (SSSR count). The topological polar surface area (TPSA) is 50.7 Å². The van der Waals surface area contributed by atoms with Gasteiger partial charge in [0.25, 0.3) is 0 Å². The minimum Gasteiger partial charge on any atom is -0.369 e. The molecule has 0 bridgehead atoms. The Morgan fingerprint density at radius 1 is 1.29 bits per heavy atom. The number of anilines is 1. The van der Waals surface area contributed by atoms with Crippen LogP contribution in [0.2, 0.25) is 0 Å². The predicted octanol–water partition coefficient (Wildman–Crippen LogP) is 4.40. The summed E-state index contributed by atoms with van der Waals surface area (Å²) < 4.78 is 1.10. The van der Waals surface area contributed by atoms with Crippen molar-refractivity contribution in [1.82, 2.24) is 15.0 Å². The van der Waals surface area contributed by atoms with Crippen LogP contribution in [0.5, 0.6) is 0 Å². The normalized spacial score (nSPS) is 11.0. The fourth-order valence-electron chi connectivity index (χ4n) is 2.03. The standard InChI is InChI=1S/C16H21IN4/c1-5-8-19-15-12(17)13(10(2)3)20-16(21-15)14-11(4)7-6-9-18-14/h6-7,9-10H,5,8H2,1-4H3,(H,19,20,21). The molecular formula is C16H21IN4. The molecule has 2 heterocycles. The lowest BCUT2D eigenvalue weighted by Gasteiger charge is -2.15. The Bertz CT molecular complexity index is 626. The molecule has 0 fully saturated rings. The lowest BCUT2D eigenvalue weighted by molar-refractivity contribution is 0.806. The second-order valence-corrected chi connectivity index (χ2v) is 6.42. The predicted molar refractivity (Wildman–Crippen MR) is 95.6 cm³/mol. The molecule has 0 unspecified atom stereocenters. The van der Waals surface area contributed by atoms with Crippen molar-refractivity contribution in [1.29, 1.82) is 0 Å². The van der Waals surface area contributed by atoms with Crippen molar-refractivity contribution in [2.45, 2.75) is 40.0 Å². The summed E-state index contributed by atoms with van der Waals surface area (Å²) in [5.41, 5.74) is 3.02. The van der Waals surface area contributed by atoms with Gasteiger partial charge < -0.3 is 5.32 Å². The number of nitrogens with one attached hydrogen (secondary N) is 1. The second kappa shape index (κ2) is 7.15. The van der Waals surface area contributed by atoms with Gasteiger partial charge >= 0.3 is 0 Å². The molecule has 0 atom stereocenters. The number of halogens is 1. The minimum atomic E-state index is 0.352. The monoisotopic (exact) mass is 396 g/mol. The van der Waals surface area contributed by atoms with E-state index in [0.717, 1.165) is 39.3 Å². The summed E-state index contributed by atoms with van der Waals surface area (Å²) >= 11 is 2.33. The van der Waals surface area contributed by atoms with E-state index < -0.39 is 0 Å². The molecular weight excluding hydrogens is 375 g/mol. The highest BCUT2D eigenvalue weighted by atomic mass is 127. The molecule has 5 heteroatoms. The summed E-state index contributed by atoms with van der Waals surface area (Å²) in [5.74, 6) is 1.97. The van der Waals surface area contributed by atoms with Crippen LogP contribution in [-0.4, -0.2) is 21.5 Å². The zero-order valence-electron chi connectivity index (χ0n) is 12.9. The van der Waals surface area contributed by atoms with Crippen LogP contribution >= 0.6 is 22.6 Å². The largest absolute Gasteiger partial charge is 0.369 e. The van der Waals surface area contributed by atoms with Crippen molar-refractivity contribution in [3.63, 3.8) is 0 Å². The average molecular weight is 396 g/mol. The molecule has 0 aliphatic carbocycles. The number of nitrogens with zero attached hydrogens (tertiary/aromatic N) is 3. The summed E-state index contributed by atoms with van der Waals surface area (Å²) in [6.07, 6.45) is 2.85. The average Bonchev–Trinajstić information content (AvgIpc) is 2.46. The SMILES string of the molecule is CCCNc1nc(-c2ncccc2C)nc(C(C)C)c1I. The smallest absolute Gasteiger partial charge is 0.180 e. The minimum absolute atomic E-state index is 0.352. The van der Waals surface area contributed by atoms with Crippen molar-refractivity contribution in [3.8, 4) is 11.5 Å². The van der Waals surface area contributed by atoms with Gasteiger partial charge in [-0.2, -0.15) is 0 Å². The van der Waals surface area contributed by atoms with Crippen LogP contribution < -0.4 is 5.32 Å². The van der Waals surface area contributed by atoms with Gasteiger partial charge in [-0.05, 0) is 53.5 Å². The lowest BCUT2D eigenvalue weighted by Crippen LogP contribution is -2.10. The van der Waals surface area contributed by atoms with Gasteiger partial charge in [0, 0.05) is 12.7 Å². The highest BCUT2D eigenvalue weighted by molar-refractivity contribution is 14.1. The number of rotatable bonds is 5. The van der Waals surface area contributed by atoms with E-state index in [0.29, 0.717) is 11.7 Å².